The number of phenols is 2. The lowest BCUT2D eigenvalue weighted by atomic mass is 9.76. The van der Waals surface area contributed by atoms with Crippen LogP contribution < -0.4 is 24.3 Å². The zero-order valence-corrected chi connectivity index (χ0v) is 25.6. The molecular formula is C36H38N2O6. The van der Waals surface area contributed by atoms with Crippen LogP contribution in [0.4, 0.5) is 0 Å². The number of methoxy groups -OCH3 is 3. The largest absolute Gasteiger partial charge is 0.504 e. The third-order valence-corrected chi connectivity index (χ3v) is 9.47. The zero-order chi connectivity index (χ0) is 30.5. The summed E-state index contributed by atoms with van der Waals surface area (Å²) in [6.45, 7) is 1.83. The topological polar surface area (TPSA) is 92.7 Å². The molecule has 0 saturated carbocycles. The first-order valence-corrected chi connectivity index (χ1v) is 15.1. The number of likely N-dealkylation sites (N-methyl/N-ethyl adjacent to an activating group) is 1. The van der Waals surface area contributed by atoms with E-state index in [1.54, 1.807) is 27.4 Å². The third-order valence-electron chi connectivity index (χ3n) is 9.47. The number of fused-ring (bicyclic) bond motifs is 3. The molecular weight excluding hydrogens is 556 g/mol. The van der Waals surface area contributed by atoms with Gasteiger partial charge in [0.1, 0.15) is 5.75 Å². The van der Waals surface area contributed by atoms with Gasteiger partial charge in [0.25, 0.3) is 0 Å². The lowest BCUT2D eigenvalue weighted by molar-refractivity contribution is 0.226. The molecule has 3 aliphatic rings. The maximum atomic E-state index is 11.2. The zero-order valence-electron chi connectivity index (χ0n) is 25.6. The molecule has 0 radical (unpaired) electrons. The molecule has 2 heterocycles. The molecule has 8 nitrogen and oxygen atoms in total. The maximum absolute atomic E-state index is 11.2. The van der Waals surface area contributed by atoms with E-state index in [1.165, 1.54) is 22.3 Å². The minimum Gasteiger partial charge on any atom is -0.504 e. The summed E-state index contributed by atoms with van der Waals surface area (Å²) < 4.78 is 22.8. The van der Waals surface area contributed by atoms with Gasteiger partial charge in [-0.05, 0) is 121 Å². The standard InChI is InChI=1S/C36H38N2O6/c1-38-12-10-22-16-33(43-4)36(40)35-26-18-29(39)30(17-23(26)14-28(38)34(22)35)44-24-7-5-20(6-8-24)13-27-25-19-32(42-3)31(41-2)15-21(25)9-11-37-27/h5-8,15-19,27-28,37,39-40H,9-14H2,1-4H3/t27-,28-/m1/s1. The molecule has 0 bridgehead atoms. The molecule has 0 saturated heterocycles. The number of aromatic hydroxyl groups is 2. The fourth-order valence-electron chi connectivity index (χ4n) is 7.17. The Labute approximate surface area is 257 Å². The number of benzene rings is 4. The number of hydrogen-bond acceptors (Lipinski definition) is 8. The Hall–Kier alpha value is -4.40. The van der Waals surface area contributed by atoms with E-state index in [-0.39, 0.29) is 23.6 Å². The van der Waals surface area contributed by atoms with Gasteiger partial charge in [-0.25, -0.2) is 0 Å². The highest BCUT2D eigenvalue weighted by Crippen LogP contribution is 2.53. The Balaban J connectivity index is 1.14. The summed E-state index contributed by atoms with van der Waals surface area (Å²) in [5.41, 5.74) is 8.58. The van der Waals surface area contributed by atoms with Crippen molar-refractivity contribution in [2.45, 2.75) is 37.8 Å². The van der Waals surface area contributed by atoms with Gasteiger partial charge in [0.05, 0.1) is 21.3 Å². The SMILES string of the molecule is COc1cc2c(cc1OC)[C@@H](Cc1ccc(Oc3cc4c(cc3O)-c3c(O)c(OC)cc5c3[C@@H](C4)N(C)CC5)cc1)NCC2. The van der Waals surface area contributed by atoms with E-state index in [4.69, 9.17) is 18.9 Å². The Kier molecular flexibility index (Phi) is 7.26. The summed E-state index contributed by atoms with van der Waals surface area (Å²) in [7, 11) is 7.03. The van der Waals surface area contributed by atoms with Crippen LogP contribution in [0.5, 0.6) is 40.2 Å². The normalized spacial score (nSPS) is 18.5. The Bertz CT molecular complexity index is 1730. The van der Waals surface area contributed by atoms with Crippen LogP contribution >= 0.6 is 0 Å². The van der Waals surface area contributed by atoms with Crippen molar-refractivity contribution in [2.75, 3.05) is 41.5 Å². The number of hydrogen-bond donors (Lipinski definition) is 3. The van der Waals surface area contributed by atoms with Crippen molar-refractivity contribution in [1.29, 1.82) is 0 Å². The van der Waals surface area contributed by atoms with Gasteiger partial charge >= 0.3 is 0 Å². The molecule has 44 heavy (non-hydrogen) atoms. The molecule has 2 aliphatic heterocycles. The predicted octanol–water partition coefficient (Wildman–Crippen LogP) is 6.10. The van der Waals surface area contributed by atoms with E-state index in [0.717, 1.165) is 72.5 Å². The molecule has 8 heteroatoms. The average Bonchev–Trinajstić information content (AvgIpc) is 3.04. The Morgan fingerprint density at radius 2 is 1.52 bits per heavy atom. The van der Waals surface area contributed by atoms with Crippen molar-refractivity contribution in [2.24, 2.45) is 0 Å². The molecule has 0 amide bonds. The molecule has 4 aromatic carbocycles. The maximum Gasteiger partial charge on any atom is 0.169 e. The monoisotopic (exact) mass is 594 g/mol. The molecule has 1 aliphatic carbocycles. The lowest BCUT2D eigenvalue weighted by Crippen LogP contribution is -2.35. The third kappa shape index (κ3) is 4.78. The van der Waals surface area contributed by atoms with Gasteiger partial charge in [-0.2, -0.15) is 0 Å². The van der Waals surface area contributed by atoms with Crippen molar-refractivity contribution in [3.8, 4) is 51.4 Å². The van der Waals surface area contributed by atoms with E-state index in [1.807, 2.05) is 24.3 Å². The van der Waals surface area contributed by atoms with Gasteiger partial charge in [0, 0.05) is 24.2 Å². The van der Waals surface area contributed by atoms with Crippen LogP contribution in [0, 0.1) is 0 Å². The number of nitrogens with one attached hydrogen (secondary N) is 1. The van der Waals surface area contributed by atoms with Crippen LogP contribution in [0.15, 0.2) is 54.6 Å². The highest BCUT2D eigenvalue weighted by atomic mass is 16.5. The van der Waals surface area contributed by atoms with Gasteiger partial charge in [-0.3, -0.25) is 4.90 Å². The average molecular weight is 595 g/mol. The molecule has 0 aromatic heterocycles. The van der Waals surface area contributed by atoms with Crippen LogP contribution in [0.1, 0.15) is 45.5 Å². The summed E-state index contributed by atoms with van der Waals surface area (Å²) in [5, 5.41) is 25.9. The number of rotatable bonds is 7. The molecule has 0 spiro atoms. The first-order valence-electron chi connectivity index (χ1n) is 15.1. The molecule has 0 unspecified atom stereocenters. The summed E-state index contributed by atoms with van der Waals surface area (Å²) in [4.78, 5) is 2.33. The van der Waals surface area contributed by atoms with Gasteiger partial charge in [-0.15, -0.1) is 0 Å². The van der Waals surface area contributed by atoms with E-state index < -0.39 is 0 Å². The quantitative estimate of drug-likeness (QED) is 0.237. The predicted molar refractivity (Wildman–Crippen MR) is 169 cm³/mol. The van der Waals surface area contributed by atoms with Crippen molar-refractivity contribution in [3.05, 3.63) is 88.0 Å². The summed E-state index contributed by atoms with van der Waals surface area (Å²) >= 11 is 0. The highest BCUT2D eigenvalue weighted by Gasteiger charge is 2.36. The van der Waals surface area contributed by atoms with Crippen molar-refractivity contribution < 1.29 is 29.2 Å². The van der Waals surface area contributed by atoms with Crippen molar-refractivity contribution in [1.82, 2.24) is 10.2 Å². The van der Waals surface area contributed by atoms with Gasteiger partial charge < -0.3 is 34.5 Å². The van der Waals surface area contributed by atoms with Crippen LogP contribution in [0.25, 0.3) is 11.1 Å². The number of phenolic OH excluding ortho intramolecular Hbond substituents is 2. The second kappa shape index (κ2) is 11.3. The van der Waals surface area contributed by atoms with E-state index >= 15 is 0 Å². The van der Waals surface area contributed by atoms with Crippen molar-refractivity contribution in [3.63, 3.8) is 0 Å². The van der Waals surface area contributed by atoms with Gasteiger partial charge in [0.15, 0.2) is 34.5 Å². The Morgan fingerprint density at radius 3 is 2.27 bits per heavy atom. The number of ether oxygens (including phenoxy) is 4. The first-order chi connectivity index (χ1) is 21.4. The Morgan fingerprint density at radius 1 is 0.818 bits per heavy atom. The van der Waals surface area contributed by atoms with Gasteiger partial charge in [0.2, 0.25) is 0 Å². The lowest BCUT2D eigenvalue weighted by Gasteiger charge is -2.40. The van der Waals surface area contributed by atoms with Crippen LogP contribution in [0.3, 0.4) is 0 Å². The molecule has 7 rings (SSSR count). The van der Waals surface area contributed by atoms with Crippen LogP contribution in [-0.2, 0) is 25.7 Å². The molecule has 4 aromatic rings. The molecule has 228 valence electrons. The minimum atomic E-state index is 0.0267. The summed E-state index contributed by atoms with van der Waals surface area (Å²) in [6, 6.07) is 18.1. The van der Waals surface area contributed by atoms with E-state index in [0.29, 0.717) is 17.2 Å². The van der Waals surface area contributed by atoms with Gasteiger partial charge in [-0.1, -0.05) is 12.1 Å². The second-order valence-corrected chi connectivity index (χ2v) is 11.9. The van der Waals surface area contributed by atoms with E-state index in [9.17, 15) is 10.2 Å². The van der Waals surface area contributed by atoms with Crippen molar-refractivity contribution >= 4 is 0 Å². The smallest absolute Gasteiger partial charge is 0.169 e. The highest BCUT2D eigenvalue weighted by molar-refractivity contribution is 5.84. The van der Waals surface area contributed by atoms with Crippen LogP contribution in [0.2, 0.25) is 0 Å². The fraction of sp³-hybridized carbons (Fsp3) is 0.333. The number of nitrogens with zero attached hydrogens (tertiary/aromatic N) is 1. The van der Waals surface area contributed by atoms with E-state index in [2.05, 4.69) is 41.5 Å². The fourth-order valence-corrected chi connectivity index (χ4v) is 7.17. The molecule has 0 fully saturated rings. The molecule has 3 N–H and O–H groups in total. The summed E-state index contributed by atoms with van der Waals surface area (Å²) in [6.07, 6.45) is 3.41. The second-order valence-electron chi connectivity index (χ2n) is 11.9. The summed E-state index contributed by atoms with van der Waals surface area (Å²) in [5.74, 6) is 3.13. The molecule has 2 atom stereocenters. The minimum absolute atomic E-state index is 0.0267. The van der Waals surface area contributed by atoms with Crippen LogP contribution in [-0.4, -0.2) is 56.6 Å². The first kappa shape index (κ1) is 28.4.